The minimum Gasteiger partial charge on any atom is -0.378 e. The van der Waals surface area contributed by atoms with Crippen LogP contribution in [-0.2, 0) is 9.47 Å². The van der Waals surface area contributed by atoms with Gasteiger partial charge in [0, 0.05) is 38.3 Å². The van der Waals surface area contributed by atoms with Crippen molar-refractivity contribution in [2.75, 3.05) is 39.5 Å². The average molecular weight is 256 g/mol. The van der Waals surface area contributed by atoms with Crippen LogP contribution in [0.2, 0.25) is 0 Å². The third-order valence-corrected chi connectivity index (χ3v) is 3.87. The molecule has 0 aliphatic carbocycles. The highest BCUT2D eigenvalue weighted by Crippen LogP contribution is 2.17. The van der Waals surface area contributed by atoms with Gasteiger partial charge in [-0.05, 0) is 19.3 Å². The molecule has 0 aromatic carbocycles. The average Bonchev–Trinajstić information content (AvgIpc) is 2.88. The van der Waals surface area contributed by atoms with Crippen LogP contribution in [0.4, 0.5) is 0 Å². The van der Waals surface area contributed by atoms with E-state index in [1.54, 1.807) is 0 Å². The van der Waals surface area contributed by atoms with Crippen LogP contribution < -0.4 is 5.32 Å². The molecular formula is C14H28N2O2. The number of ether oxygens (including phenoxy) is 2. The molecule has 2 unspecified atom stereocenters. The first-order valence-electron chi connectivity index (χ1n) is 7.42. The Kier molecular flexibility index (Phi) is 5.89. The van der Waals surface area contributed by atoms with E-state index in [0.717, 1.165) is 39.5 Å². The van der Waals surface area contributed by atoms with Gasteiger partial charge in [-0.2, -0.15) is 0 Å². The van der Waals surface area contributed by atoms with Crippen LogP contribution in [0.25, 0.3) is 0 Å². The topological polar surface area (TPSA) is 33.7 Å². The first-order valence-corrected chi connectivity index (χ1v) is 7.42. The van der Waals surface area contributed by atoms with Crippen LogP contribution >= 0.6 is 0 Å². The Morgan fingerprint density at radius 2 is 2.22 bits per heavy atom. The van der Waals surface area contributed by atoms with Crippen LogP contribution in [0.1, 0.15) is 33.1 Å². The highest BCUT2D eigenvalue weighted by atomic mass is 16.5. The zero-order valence-electron chi connectivity index (χ0n) is 11.9. The number of hydrogen-bond donors (Lipinski definition) is 1. The summed E-state index contributed by atoms with van der Waals surface area (Å²) in [5.74, 6) is 0. The highest BCUT2D eigenvalue weighted by Gasteiger charge is 2.24. The molecule has 0 bridgehead atoms. The molecule has 2 aliphatic heterocycles. The second kappa shape index (κ2) is 7.43. The lowest BCUT2D eigenvalue weighted by atomic mass is 10.1. The van der Waals surface area contributed by atoms with Crippen molar-refractivity contribution in [1.29, 1.82) is 0 Å². The maximum absolute atomic E-state index is 5.70. The summed E-state index contributed by atoms with van der Waals surface area (Å²) in [6.07, 6.45) is 4.18. The van der Waals surface area contributed by atoms with E-state index in [9.17, 15) is 0 Å². The molecule has 2 saturated heterocycles. The summed E-state index contributed by atoms with van der Waals surface area (Å²) in [6.45, 7) is 10.3. The predicted octanol–water partition coefficient (Wildman–Crippen LogP) is 1.25. The number of hydrogen-bond acceptors (Lipinski definition) is 4. The third kappa shape index (κ3) is 4.50. The molecule has 2 fully saturated rings. The lowest BCUT2D eigenvalue weighted by Gasteiger charge is -2.36. The summed E-state index contributed by atoms with van der Waals surface area (Å²) in [6, 6.07) is 1.08. The van der Waals surface area contributed by atoms with Crippen molar-refractivity contribution >= 4 is 0 Å². The lowest BCUT2D eigenvalue weighted by Crippen LogP contribution is -2.51. The normalized spacial score (nSPS) is 30.2. The molecule has 1 N–H and O–H groups in total. The number of morpholine rings is 1. The molecule has 4 nitrogen and oxygen atoms in total. The van der Waals surface area contributed by atoms with Crippen molar-refractivity contribution in [3.8, 4) is 0 Å². The Morgan fingerprint density at radius 3 is 2.94 bits per heavy atom. The summed E-state index contributed by atoms with van der Waals surface area (Å²) in [5, 5.41) is 3.52. The molecule has 0 saturated carbocycles. The molecule has 0 aromatic rings. The lowest BCUT2D eigenvalue weighted by molar-refractivity contribution is -0.0146. The van der Waals surface area contributed by atoms with Gasteiger partial charge in [0.15, 0.2) is 0 Å². The van der Waals surface area contributed by atoms with Crippen molar-refractivity contribution in [2.24, 2.45) is 0 Å². The van der Waals surface area contributed by atoms with E-state index in [0.29, 0.717) is 18.2 Å². The maximum Gasteiger partial charge on any atom is 0.0634 e. The van der Waals surface area contributed by atoms with Gasteiger partial charge in [-0.1, -0.05) is 13.8 Å². The van der Waals surface area contributed by atoms with Gasteiger partial charge in [0.05, 0.1) is 19.3 Å². The fourth-order valence-electron chi connectivity index (χ4n) is 2.73. The van der Waals surface area contributed by atoms with Crippen molar-refractivity contribution in [3.05, 3.63) is 0 Å². The molecule has 2 heterocycles. The van der Waals surface area contributed by atoms with E-state index < -0.39 is 0 Å². The van der Waals surface area contributed by atoms with Gasteiger partial charge in [-0.25, -0.2) is 0 Å². The van der Waals surface area contributed by atoms with Gasteiger partial charge in [0.1, 0.15) is 0 Å². The van der Waals surface area contributed by atoms with E-state index in [1.165, 1.54) is 19.3 Å². The van der Waals surface area contributed by atoms with Gasteiger partial charge in [-0.15, -0.1) is 0 Å². The summed E-state index contributed by atoms with van der Waals surface area (Å²) in [5.41, 5.74) is 0. The number of nitrogens with one attached hydrogen (secondary N) is 1. The van der Waals surface area contributed by atoms with E-state index in [2.05, 4.69) is 24.1 Å². The second-order valence-corrected chi connectivity index (χ2v) is 5.75. The minimum atomic E-state index is 0.506. The molecule has 2 rings (SSSR count). The van der Waals surface area contributed by atoms with Gasteiger partial charge in [0.2, 0.25) is 0 Å². The van der Waals surface area contributed by atoms with E-state index in [1.807, 2.05) is 0 Å². The molecule has 0 amide bonds. The van der Waals surface area contributed by atoms with Crippen LogP contribution in [0.5, 0.6) is 0 Å². The summed E-state index contributed by atoms with van der Waals surface area (Å²) in [7, 11) is 0. The zero-order chi connectivity index (χ0) is 12.8. The van der Waals surface area contributed by atoms with Crippen molar-refractivity contribution in [2.45, 2.75) is 51.3 Å². The molecular weight excluding hydrogens is 228 g/mol. The Balaban J connectivity index is 1.72. The first-order chi connectivity index (χ1) is 8.75. The molecule has 106 valence electrons. The van der Waals surface area contributed by atoms with E-state index >= 15 is 0 Å². The Bertz CT molecular complexity index is 230. The fourth-order valence-corrected chi connectivity index (χ4v) is 2.73. The fraction of sp³-hybridized carbons (Fsp3) is 1.00. The third-order valence-electron chi connectivity index (χ3n) is 3.87. The van der Waals surface area contributed by atoms with Gasteiger partial charge in [0.25, 0.3) is 0 Å². The molecule has 2 atom stereocenters. The Labute approximate surface area is 111 Å². The van der Waals surface area contributed by atoms with Crippen LogP contribution in [0.15, 0.2) is 0 Å². The minimum absolute atomic E-state index is 0.506. The van der Waals surface area contributed by atoms with Crippen LogP contribution in [0.3, 0.4) is 0 Å². The number of rotatable bonds is 6. The molecule has 0 aromatic heterocycles. The van der Waals surface area contributed by atoms with Crippen molar-refractivity contribution in [3.63, 3.8) is 0 Å². The van der Waals surface area contributed by atoms with Gasteiger partial charge in [-0.3, -0.25) is 4.90 Å². The largest absolute Gasteiger partial charge is 0.378 e. The highest BCUT2D eigenvalue weighted by molar-refractivity contribution is 4.79. The quantitative estimate of drug-likeness (QED) is 0.775. The molecule has 0 radical (unpaired) electrons. The van der Waals surface area contributed by atoms with Gasteiger partial charge < -0.3 is 14.8 Å². The standard InChI is InChI=1S/C14H28N2O2/c1-12(2)15-10-13-11-17-9-7-16(13)6-5-14-4-3-8-18-14/h12-15H,3-11H2,1-2H3. The van der Waals surface area contributed by atoms with Crippen LogP contribution in [-0.4, -0.2) is 62.5 Å². The van der Waals surface area contributed by atoms with Crippen LogP contribution in [0, 0.1) is 0 Å². The first kappa shape index (κ1) is 14.3. The van der Waals surface area contributed by atoms with E-state index in [4.69, 9.17) is 9.47 Å². The molecule has 4 heteroatoms. The SMILES string of the molecule is CC(C)NCC1COCCN1CCC1CCCO1. The summed E-state index contributed by atoms with van der Waals surface area (Å²) < 4.78 is 11.3. The Hall–Kier alpha value is -0.160. The zero-order valence-corrected chi connectivity index (χ0v) is 11.9. The van der Waals surface area contributed by atoms with E-state index in [-0.39, 0.29) is 0 Å². The number of nitrogens with zero attached hydrogens (tertiary/aromatic N) is 1. The molecule has 0 spiro atoms. The summed E-state index contributed by atoms with van der Waals surface area (Å²) >= 11 is 0. The second-order valence-electron chi connectivity index (χ2n) is 5.75. The Morgan fingerprint density at radius 1 is 1.33 bits per heavy atom. The monoisotopic (exact) mass is 256 g/mol. The van der Waals surface area contributed by atoms with Gasteiger partial charge >= 0.3 is 0 Å². The summed E-state index contributed by atoms with van der Waals surface area (Å²) in [4.78, 5) is 2.57. The predicted molar refractivity (Wildman–Crippen MR) is 72.9 cm³/mol. The van der Waals surface area contributed by atoms with Crippen molar-refractivity contribution < 1.29 is 9.47 Å². The van der Waals surface area contributed by atoms with Crippen molar-refractivity contribution in [1.82, 2.24) is 10.2 Å². The maximum atomic E-state index is 5.70. The smallest absolute Gasteiger partial charge is 0.0634 e. The molecule has 18 heavy (non-hydrogen) atoms. The molecule has 2 aliphatic rings.